The summed E-state index contributed by atoms with van der Waals surface area (Å²) >= 11 is 5.97. The molecule has 1 N–H and O–H groups in total. The molecule has 90 valence electrons. The number of carboxylic acid groups (broad SMARTS) is 1. The van der Waals surface area contributed by atoms with E-state index in [0.29, 0.717) is 16.3 Å². The van der Waals surface area contributed by atoms with Crippen LogP contribution in [0.1, 0.15) is 11.7 Å². The maximum atomic E-state index is 11.2. The fraction of sp³-hybridized carbons (Fsp3) is 0.0714. The molecule has 18 heavy (non-hydrogen) atoms. The van der Waals surface area contributed by atoms with E-state index in [-0.39, 0.29) is 0 Å². The molecule has 0 aliphatic carbocycles. The monoisotopic (exact) mass is 260 g/mol. The highest BCUT2D eigenvalue weighted by Gasteiger charge is 2.30. The molecule has 2 aromatic carbocycles. The molecule has 2 aromatic rings. The molecule has 3 rings (SSSR count). The minimum atomic E-state index is -0.997. The Hall–Kier alpha value is -2.00. The van der Waals surface area contributed by atoms with E-state index >= 15 is 0 Å². The fourth-order valence-electron chi connectivity index (χ4n) is 2.16. The number of hydrogen-bond acceptors (Lipinski definition) is 2. The van der Waals surface area contributed by atoms with Crippen molar-refractivity contribution in [2.75, 3.05) is 0 Å². The molecule has 0 amide bonds. The van der Waals surface area contributed by atoms with Gasteiger partial charge in [-0.1, -0.05) is 35.9 Å². The van der Waals surface area contributed by atoms with Crippen LogP contribution in [0.5, 0.6) is 5.75 Å². The molecule has 0 bridgehead atoms. The third kappa shape index (κ3) is 1.64. The van der Waals surface area contributed by atoms with Crippen LogP contribution in [0.4, 0.5) is 0 Å². The normalized spacial score (nSPS) is 16.4. The number of rotatable bonds is 1. The van der Waals surface area contributed by atoms with Gasteiger partial charge in [0.25, 0.3) is 0 Å². The first-order chi connectivity index (χ1) is 8.66. The zero-order valence-corrected chi connectivity index (χ0v) is 10.0. The molecule has 0 spiro atoms. The summed E-state index contributed by atoms with van der Waals surface area (Å²) in [4.78, 5) is 11.2. The van der Waals surface area contributed by atoms with Crippen molar-refractivity contribution in [1.29, 1.82) is 0 Å². The summed E-state index contributed by atoms with van der Waals surface area (Å²) in [5.41, 5.74) is 2.34. The van der Waals surface area contributed by atoms with Crippen LogP contribution in [0.3, 0.4) is 0 Å². The molecular weight excluding hydrogens is 252 g/mol. The Balaban J connectivity index is 2.26. The first kappa shape index (κ1) is 11.1. The van der Waals surface area contributed by atoms with Gasteiger partial charge in [-0.15, -0.1) is 0 Å². The molecule has 3 nitrogen and oxygen atoms in total. The van der Waals surface area contributed by atoms with Gasteiger partial charge in [0, 0.05) is 16.1 Å². The second kappa shape index (κ2) is 4.03. The van der Waals surface area contributed by atoms with E-state index in [1.165, 1.54) is 0 Å². The third-order valence-electron chi connectivity index (χ3n) is 2.94. The van der Waals surface area contributed by atoms with Gasteiger partial charge in [-0.25, -0.2) is 4.79 Å². The Kier molecular flexibility index (Phi) is 2.49. The number of ether oxygens (including phenoxy) is 1. The number of carbonyl (C=O) groups is 1. The molecule has 1 unspecified atom stereocenters. The summed E-state index contributed by atoms with van der Waals surface area (Å²) < 4.78 is 5.52. The Morgan fingerprint density at radius 2 is 1.94 bits per heavy atom. The van der Waals surface area contributed by atoms with Gasteiger partial charge in [0.15, 0.2) is 0 Å². The van der Waals surface area contributed by atoms with Gasteiger partial charge in [-0.3, -0.25) is 0 Å². The molecule has 0 saturated heterocycles. The highest BCUT2D eigenvalue weighted by atomic mass is 35.5. The minimum Gasteiger partial charge on any atom is -0.478 e. The molecule has 1 aliphatic rings. The molecule has 1 aliphatic heterocycles. The molecule has 1 heterocycles. The van der Waals surface area contributed by atoms with Gasteiger partial charge >= 0.3 is 5.97 Å². The molecule has 4 heteroatoms. The second-order valence-electron chi connectivity index (χ2n) is 4.06. The summed E-state index contributed by atoms with van der Waals surface area (Å²) in [5, 5.41) is 9.81. The number of hydrogen-bond donors (Lipinski definition) is 1. The molecule has 0 saturated carbocycles. The number of aliphatic carboxylic acids is 1. The number of fused-ring (bicyclic) bond motifs is 3. The lowest BCUT2D eigenvalue weighted by Gasteiger charge is -2.26. The first-order valence-electron chi connectivity index (χ1n) is 5.45. The predicted molar refractivity (Wildman–Crippen MR) is 67.9 cm³/mol. The van der Waals surface area contributed by atoms with E-state index in [4.69, 9.17) is 16.3 Å². The van der Waals surface area contributed by atoms with E-state index in [1.807, 2.05) is 12.1 Å². The fourth-order valence-corrected chi connectivity index (χ4v) is 2.33. The van der Waals surface area contributed by atoms with Crippen LogP contribution in [-0.4, -0.2) is 11.1 Å². The molecule has 0 radical (unpaired) electrons. The average molecular weight is 261 g/mol. The SMILES string of the molecule is O=C(O)C1Oc2ccc(Cl)cc2-c2ccccc21. The van der Waals surface area contributed by atoms with Crippen molar-refractivity contribution in [3.05, 3.63) is 53.1 Å². The predicted octanol–water partition coefficient (Wildman–Crippen LogP) is 3.53. The smallest absolute Gasteiger partial charge is 0.349 e. The van der Waals surface area contributed by atoms with Crippen LogP contribution in [0.15, 0.2) is 42.5 Å². The summed E-state index contributed by atoms with van der Waals surface area (Å²) in [6.07, 6.45) is -0.963. The van der Waals surface area contributed by atoms with Gasteiger partial charge in [-0.2, -0.15) is 0 Å². The highest BCUT2D eigenvalue weighted by molar-refractivity contribution is 6.31. The van der Waals surface area contributed by atoms with Crippen molar-refractivity contribution in [2.45, 2.75) is 6.10 Å². The van der Waals surface area contributed by atoms with Crippen LogP contribution >= 0.6 is 11.6 Å². The van der Waals surface area contributed by atoms with E-state index in [9.17, 15) is 9.90 Å². The van der Waals surface area contributed by atoms with Crippen molar-refractivity contribution >= 4 is 17.6 Å². The van der Waals surface area contributed by atoms with Gasteiger partial charge in [0.2, 0.25) is 6.10 Å². The van der Waals surface area contributed by atoms with Gasteiger partial charge < -0.3 is 9.84 Å². The van der Waals surface area contributed by atoms with E-state index in [2.05, 4.69) is 0 Å². The van der Waals surface area contributed by atoms with Crippen LogP contribution in [0, 0.1) is 0 Å². The number of halogens is 1. The van der Waals surface area contributed by atoms with Crippen LogP contribution in [0.2, 0.25) is 5.02 Å². The van der Waals surface area contributed by atoms with E-state index in [0.717, 1.165) is 11.1 Å². The van der Waals surface area contributed by atoms with Crippen molar-refractivity contribution in [1.82, 2.24) is 0 Å². The van der Waals surface area contributed by atoms with Gasteiger partial charge in [0.05, 0.1) is 0 Å². The quantitative estimate of drug-likeness (QED) is 0.853. The first-order valence-corrected chi connectivity index (χ1v) is 5.83. The molecule has 0 aromatic heterocycles. The zero-order chi connectivity index (χ0) is 12.7. The largest absolute Gasteiger partial charge is 0.478 e. The lowest BCUT2D eigenvalue weighted by Crippen LogP contribution is -2.22. The summed E-state index contributed by atoms with van der Waals surface area (Å²) in [5.74, 6) is -0.450. The summed E-state index contributed by atoms with van der Waals surface area (Å²) in [6.45, 7) is 0. The van der Waals surface area contributed by atoms with Crippen LogP contribution in [0.25, 0.3) is 11.1 Å². The zero-order valence-electron chi connectivity index (χ0n) is 9.26. The molecule has 1 atom stereocenters. The van der Waals surface area contributed by atoms with Crippen LogP contribution < -0.4 is 4.74 Å². The van der Waals surface area contributed by atoms with Gasteiger partial charge in [0.1, 0.15) is 5.75 Å². The average Bonchev–Trinajstić information content (AvgIpc) is 2.37. The molecular formula is C14H9ClO3. The molecule has 0 fully saturated rings. The Morgan fingerprint density at radius 3 is 2.72 bits per heavy atom. The minimum absolute atomic E-state index is 0.547. The van der Waals surface area contributed by atoms with Crippen LogP contribution in [-0.2, 0) is 4.79 Å². The lowest BCUT2D eigenvalue weighted by molar-refractivity contribution is -0.145. The van der Waals surface area contributed by atoms with Crippen molar-refractivity contribution < 1.29 is 14.6 Å². The number of carboxylic acids is 1. The maximum absolute atomic E-state index is 11.2. The Morgan fingerprint density at radius 1 is 1.17 bits per heavy atom. The van der Waals surface area contributed by atoms with E-state index < -0.39 is 12.1 Å². The van der Waals surface area contributed by atoms with E-state index in [1.54, 1.807) is 30.3 Å². The summed E-state index contributed by atoms with van der Waals surface area (Å²) in [6, 6.07) is 12.5. The lowest BCUT2D eigenvalue weighted by atomic mass is 9.93. The third-order valence-corrected chi connectivity index (χ3v) is 3.18. The van der Waals surface area contributed by atoms with Crippen molar-refractivity contribution in [3.8, 4) is 16.9 Å². The second-order valence-corrected chi connectivity index (χ2v) is 4.50. The van der Waals surface area contributed by atoms with Gasteiger partial charge in [-0.05, 0) is 23.8 Å². The highest BCUT2D eigenvalue weighted by Crippen LogP contribution is 2.43. The van der Waals surface area contributed by atoms with Crippen molar-refractivity contribution in [3.63, 3.8) is 0 Å². The standard InChI is InChI=1S/C14H9ClO3/c15-8-5-6-12-11(7-8)9-3-1-2-4-10(9)13(18-12)14(16)17/h1-7,13H,(H,16,17). The Labute approximate surface area is 109 Å². The Bertz CT molecular complexity index is 637. The topological polar surface area (TPSA) is 46.5 Å². The summed E-state index contributed by atoms with van der Waals surface area (Å²) in [7, 11) is 0. The van der Waals surface area contributed by atoms with Crippen molar-refractivity contribution in [2.24, 2.45) is 0 Å². The number of benzene rings is 2. The maximum Gasteiger partial charge on any atom is 0.349 e.